The number of hydrogen-bond donors (Lipinski definition) is 5. The third-order valence-electron chi connectivity index (χ3n) is 7.25. The summed E-state index contributed by atoms with van der Waals surface area (Å²) in [5, 5.41) is 21.9. The van der Waals surface area contributed by atoms with Gasteiger partial charge >= 0.3 is 0 Å². The highest BCUT2D eigenvalue weighted by atomic mass is 35.5. The molecule has 0 unspecified atom stereocenters. The molecule has 0 saturated carbocycles. The molecule has 2 bridgehead atoms. The predicted octanol–water partition coefficient (Wildman–Crippen LogP) is 0.370. The van der Waals surface area contributed by atoms with E-state index in [1.165, 1.54) is 11.8 Å². The van der Waals surface area contributed by atoms with E-state index in [1.807, 2.05) is 17.6 Å². The number of imidazole rings is 1. The Morgan fingerprint density at radius 2 is 1.86 bits per heavy atom. The summed E-state index contributed by atoms with van der Waals surface area (Å²) >= 11 is 0. The van der Waals surface area contributed by atoms with E-state index < -0.39 is 35.9 Å². The van der Waals surface area contributed by atoms with Crippen LogP contribution in [0.2, 0.25) is 0 Å². The lowest BCUT2D eigenvalue weighted by molar-refractivity contribution is -0.126. The van der Waals surface area contributed by atoms with Crippen molar-refractivity contribution in [1.29, 1.82) is 0 Å². The van der Waals surface area contributed by atoms with Crippen molar-refractivity contribution in [3.63, 3.8) is 0 Å². The smallest absolute Gasteiger partial charge is 0.274 e. The summed E-state index contributed by atoms with van der Waals surface area (Å²) < 4.78 is 1.95. The van der Waals surface area contributed by atoms with Crippen LogP contribution >= 0.6 is 24.8 Å². The SMILES string of the molecule is Cc1ccc2cc1CCCNC(=O)CN(C(=O)c1cn3c(n1)CCNCC3)C[C@@H](C)NC(=O)[C@H]([C@@H](C)O)NC2=O.Cl.Cl. The summed E-state index contributed by atoms with van der Waals surface area (Å²) in [4.78, 5) is 58.5. The minimum absolute atomic E-state index is 0. The molecule has 0 saturated heterocycles. The average Bonchev–Trinajstić information content (AvgIpc) is 3.18. The molecule has 5 N–H and O–H groups in total. The molecule has 2 aliphatic heterocycles. The molecule has 1 aromatic carbocycles. The van der Waals surface area contributed by atoms with E-state index in [1.54, 1.807) is 25.3 Å². The summed E-state index contributed by atoms with van der Waals surface area (Å²) in [5.41, 5.74) is 2.58. The van der Waals surface area contributed by atoms with Crippen molar-refractivity contribution in [2.45, 2.75) is 64.8 Å². The van der Waals surface area contributed by atoms with E-state index in [4.69, 9.17) is 0 Å². The second kappa shape index (κ2) is 15.9. The van der Waals surface area contributed by atoms with E-state index in [2.05, 4.69) is 26.3 Å². The maximum absolute atomic E-state index is 13.6. The molecule has 2 aromatic rings. The first-order valence-corrected chi connectivity index (χ1v) is 13.8. The molecule has 3 atom stereocenters. The minimum Gasteiger partial charge on any atom is -0.391 e. The molecule has 0 spiro atoms. The quantitative estimate of drug-likeness (QED) is 0.322. The summed E-state index contributed by atoms with van der Waals surface area (Å²) in [5.74, 6) is -0.983. The molecule has 3 heterocycles. The van der Waals surface area contributed by atoms with Gasteiger partial charge in [0.15, 0.2) is 0 Å². The molecular formula is C28H41Cl2N7O5. The number of aliphatic hydroxyl groups excluding tert-OH is 1. The van der Waals surface area contributed by atoms with Crippen LogP contribution in [-0.4, -0.2) is 94.1 Å². The van der Waals surface area contributed by atoms with Crippen LogP contribution in [0, 0.1) is 6.92 Å². The van der Waals surface area contributed by atoms with Crippen LogP contribution in [0.3, 0.4) is 0 Å². The van der Waals surface area contributed by atoms with Gasteiger partial charge in [-0.3, -0.25) is 19.2 Å². The maximum Gasteiger partial charge on any atom is 0.274 e. The standard InChI is InChI=1S/C28H39N7O5.2ClH/c1-17-6-7-21-13-20(17)5-4-9-30-24(37)16-35(14-18(2)31-27(39)25(19(3)36)33-26(21)38)28(40)22-15-34-12-11-29-10-8-23(34)32-22;;/h6-7,13,15,18-19,25,29,36H,4-5,8-12,14,16H2,1-3H3,(H,30,37)(H,31,39)(H,33,38);2*1H/t18-,19-,25+;;/m1../s1. The van der Waals surface area contributed by atoms with Gasteiger partial charge in [-0.1, -0.05) is 6.07 Å². The van der Waals surface area contributed by atoms with Gasteiger partial charge in [0, 0.05) is 56.9 Å². The van der Waals surface area contributed by atoms with Crippen LogP contribution in [0.15, 0.2) is 24.4 Å². The number of amides is 4. The van der Waals surface area contributed by atoms with Crippen LogP contribution in [0.4, 0.5) is 0 Å². The third-order valence-corrected chi connectivity index (χ3v) is 7.25. The van der Waals surface area contributed by atoms with Gasteiger partial charge in [0.05, 0.1) is 12.6 Å². The van der Waals surface area contributed by atoms with Crippen molar-refractivity contribution in [2.75, 3.05) is 32.7 Å². The zero-order chi connectivity index (χ0) is 28.8. The van der Waals surface area contributed by atoms with E-state index >= 15 is 0 Å². The largest absolute Gasteiger partial charge is 0.391 e. The first-order valence-electron chi connectivity index (χ1n) is 13.8. The average molecular weight is 627 g/mol. The van der Waals surface area contributed by atoms with Gasteiger partial charge in [0.1, 0.15) is 17.6 Å². The Bertz CT molecular complexity index is 1250. The van der Waals surface area contributed by atoms with E-state index in [0.29, 0.717) is 37.9 Å². The molecule has 12 nitrogen and oxygen atoms in total. The molecule has 4 rings (SSSR count). The molecule has 232 valence electrons. The van der Waals surface area contributed by atoms with Gasteiger partial charge in [0.25, 0.3) is 11.8 Å². The van der Waals surface area contributed by atoms with Crippen molar-refractivity contribution in [2.24, 2.45) is 0 Å². The van der Waals surface area contributed by atoms with Gasteiger partial charge in [0.2, 0.25) is 11.8 Å². The van der Waals surface area contributed by atoms with Crippen LogP contribution in [0.5, 0.6) is 0 Å². The number of carbonyl (C=O) groups is 4. The van der Waals surface area contributed by atoms with Gasteiger partial charge < -0.3 is 35.8 Å². The molecule has 4 amide bonds. The normalized spacial score (nSPS) is 21.1. The Hall–Kier alpha value is -3.19. The zero-order valence-electron chi connectivity index (χ0n) is 24.1. The van der Waals surface area contributed by atoms with E-state index in [-0.39, 0.29) is 49.5 Å². The number of aryl methyl sites for hydroxylation is 2. The van der Waals surface area contributed by atoms with Gasteiger partial charge in [-0.15, -0.1) is 24.8 Å². The molecule has 2 aliphatic rings. The van der Waals surface area contributed by atoms with Crippen molar-refractivity contribution in [1.82, 2.24) is 35.7 Å². The van der Waals surface area contributed by atoms with Gasteiger partial charge in [-0.2, -0.15) is 0 Å². The maximum atomic E-state index is 13.6. The second-order valence-electron chi connectivity index (χ2n) is 10.6. The molecule has 0 radical (unpaired) electrons. The lowest BCUT2D eigenvalue weighted by atomic mass is 10.00. The first kappa shape index (κ1) is 35.0. The molecule has 42 heavy (non-hydrogen) atoms. The fourth-order valence-electron chi connectivity index (χ4n) is 5.01. The Balaban J connectivity index is 0.00000308. The Morgan fingerprint density at radius 1 is 1.10 bits per heavy atom. The number of aromatic nitrogens is 2. The number of fused-ring (bicyclic) bond motifs is 3. The lowest BCUT2D eigenvalue weighted by Crippen LogP contribution is -2.56. The van der Waals surface area contributed by atoms with E-state index in [0.717, 1.165) is 30.0 Å². The highest BCUT2D eigenvalue weighted by molar-refractivity contribution is 5.98. The monoisotopic (exact) mass is 625 g/mol. The number of carbonyl (C=O) groups excluding carboxylic acids is 4. The van der Waals surface area contributed by atoms with Crippen LogP contribution < -0.4 is 21.3 Å². The van der Waals surface area contributed by atoms with Crippen molar-refractivity contribution < 1.29 is 24.3 Å². The first-order chi connectivity index (χ1) is 19.1. The fourth-order valence-corrected chi connectivity index (χ4v) is 5.01. The summed E-state index contributed by atoms with van der Waals surface area (Å²) in [6, 6.07) is 3.49. The Morgan fingerprint density at radius 3 is 2.60 bits per heavy atom. The van der Waals surface area contributed by atoms with Crippen molar-refractivity contribution >= 4 is 48.4 Å². The molecule has 1 aromatic heterocycles. The van der Waals surface area contributed by atoms with E-state index in [9.17, 15) is 24.3 Å². The van der Waals surface area contributed by atoms with Gasteiger partial charge in [-0.25, -0.2) is 4.98 Å². The van der Waals surface area contributed by atoms with Crippen LogP contribution in [-0.2, 0) is 29.0 Å². The highest BCUT2D eigenvalue weighted by Gasteiger charge is 2.30. The van der Waals surface area contributed by atoms with Gasteiger partial charge in [-0.05, 0) is 56.9 Å². The number of nitrogens with one attached hydrogen (secondary N) is 4. The fraction of sp³-hybridized carbons (Fsp3) is 0.536. The number of aliphatic hydroxyl groups is 1. The summed E-state index contributed by atoms with van der Waals surface area (Å²) in [6.45, 7) is 7.54. The Labute approximate surface area is 258 Å². The molecule has 14 heteroatoms. The minimum atomic E-state index is -1.21. The number of hydrogen-bond acceptors (Lipinski definition) is 7. The summed E-state index contributed by atoms with van der Waals surface area (Å²) in [6.07, 6.45) is 2.50. The number of nitrogens with zero attached hydrogens (tertiary/aromatic N) is 3. The third kappa shape index (κ3) is 8.90. The number of benzene rings is 1. The lowest BCUT2D eigenvalue weighted by Gasteiger charge is -2.27. The predicted molar refractivity (Wildman–Crippen MR) is 162 cm³/mol. The van der Waals surface area contributed by atoms with Crippen LogP contribution in [0.25, 0.3) is 0 Å². The second-order valence-corrected chi connectivity index (χ2v) is 10.6. The van der Waals surface area contributed by atoms with Crippen molar-refractivity contribution in [3.05, 3.63) is 52.6 Å². The topological polar surface area (TPSA) is 158 Å². The molecule has 0 aliphatic carbocycles. The molecular weight excluding hydrogens is 585 g/mol. The number of halogens is 2. The van der Waals surface area contributed by atoms with Crippen molar-refractivity contribution in [3.8, 4) is 0 Å². The Kier molecular flexibility index (Phi) is 13.2. The molecule has 0 fully saturated rings. The van der Waals surface area contributed by atoms with Crippen LogP contribution in [0.1, 0.15) is 58.1 Å². The highest BCUT2D eigenvalue weighted by Crippen LogP contribution is 2.15. The summed E-state index contributed by atoms with van der Waals surface area (Å²) in [7, 11) is 0. The zero-order valence-corrected chi connectivity index (χ0v) is 25.8. The number of rotatable bonds is 2.